The van der Waals surface area contributed by atoms with Crippen LogP contribution in [-0.2, 0) is 12.7 Å². The molecule has 0 saturated heterocycles. The largest absolute Gasteiger partial charge is 0.476 e. The molecular formula is C12H11F3N4O2. The van der Waals surface area contributed by atoms with Crippen molar-refractivity contribution in [3.8, 4) is 0 Å². The average Bonchev–Trinajstić information content (AvgIpc) is 2.87. The number of hydrogen-bond donors (Lipinski definition) is 2. The van der Waals surface area contributed by atoms with Crippen LogP contribution in [0.2, 0.25) is 0 Å². The van der Waals surface area contributed by atoms with Gasteiger partial charge in [0.1, 0.15) is 0 Å². The van der Waals surface area contributed by atoms with Gasteiger partial charge < -0.3 is 10.4 Å². The number of nitrogens with one attached hydrogen (secondary N) is 1. The smallest absolute Gasteiger partial charge is 0.416 e. The van der Waals surface area contributed by atoms with Crippen molar-refractivity contribution in [3.63, 3.8) is 0 Å². The predicted molar refractivity (Wildman–Crippen MR) is 66.9 cm³/mol. The summed E-state index contributed by atoms with van der Waals surface area (Å²) in [5.41, 5.74) is -0.346. The Hall–Kier alpha value is -2.58. The first kappa shape index (κ1) is 14.8. The summed E-state index contributed by atoms with van der Waals surface area (Å²) in [6.07, 6.45) is -3.08. The van der Waals surface area contributed by atoms with E-state index in [2.05, 4.69) is 15.6 Å². The van der Waals surface area contributed by atoms with Crippen LogP contribution in [0.25, 0.3) is 0 Å². The third kappa shape index (κ3) is 3.94. The first-order valence-corrected chi connectivity index (χ1v) is 5.91. The van der Waals surface area contributed by atoms with Crippen molar-refractivity contribution in [2.24, 2.45) is 0 Å². The summed E-state index contributed by atoms with van der Waals surface area (Å²) >= 11 is 0. The van der Waals surface area contributed by atoms with Crippen molar-refractivity contribution in [2.45, 2.75) is 12.7 Å². The molecule has 0 spiro atoms. The van der Waals surface area contributed by atoms with E-state index in [0.29, 0.717) is 18.8 Å². The highest BCUT2D eigenvalue weighted by Gasteiger charge is 2.29. The Morgan fingerprint density at radius 3 is 2.48 bits per heavy atom. The van der Waals surface area contributed by atoms with Crippen molar-refractivity contribution < 1.29 is 23.1 Å². The number of nitrogens with zero attached hydrogens (tertiary/aromatic N) is 3. The van der Waals surface area contributed by atoms with Crippen LogP contribution in [0, 0.1) is 0 Å². The molecule has 0 radical (unpaired) electrons. The zero-order valence-electron chi connectivity index (χ0n) is 10.6. The number of carboxylic acids is 1. The molecule has 0 atom stereocenters. The number of carboxylic acid groups (broad SMARTS) is 1. The summed E-state index contributed by atoms with van der Waals surface area (Å²) in [6, 6.07) is 4.63. The van der Waals surface area contributed by atoms with Crippen molar-refractivity contribution in [1.29, 1.82) is 0 Å². The maximum Gasteiger partial charge on any atom is 0.416 e. The topological polar surface area (TPSA) is 80.0 Å². The molecule has 0 aliphatic rings. The fourth-order valence-electron chi connectivity index (χ4n) is 1.60. The van der Waals surface area contributed by atoms with Gasteiger partial charge in [-0.05, 0) is 24.3 Å². The van der Waals surface area contributed by atoms with Gasteiger partial charge in [-0.25, -0.2) is 9.48 Å². The minimum absolute atomic E-state index is 0.162. The van der Waals surface area contributed by atoms with Crippen LogP contribution >= 0.6 is 0 Å². The Kier molecular flexibility index (Phi) is 4.10. The van der Waals surface area contributed by atoms with Gasteiger partial charge in [-0.15, -0.1) is 5.10 Å². The number of alkyl halides is 3. The van der Waals surface area contributed by atoms with Crippen molar-refractivity contribution in [2.75, 3.05) is 11.9 Å². The van der Waals surface area contributed by atoms with Gasteiger partial charge in [0, 0.05) is 12.2 Å². The molecule has 112 valence electrons. The van der Waals surface area contributed by atoms with Gasteiger partial charge in [0.2, 0.25) is 0 Å². The van der Waals surface area contributed by atoms with Crippen LogP contribution < -0.4 is 5.32 Å². The molecule has 0 aliphatic carbocycles. The molecule has 0 fully saturated rings. The van der Waals surface area contributed by atoms with Crippen molar-refractivity contribution in [1.82, 2.24) is 15.0 Å². The van der Waals surface area contributed by atoms with Gasteiger partial charge in [-0.1, -0.05) is 5.21 Å². The number of aromatic nitrogens is 3. The maximum absolute atomic E-state index is 12.4. The van der Waals surface area contributed by atoms with Gasteiger partial charge in [-0.2, -0.15) is 13.2 Å². The molecule has 0 bridgehead atoms. The fraction of sp³-hybridized carbons (Fsp3) is 0.250. The Balaban J connectivity index is 1.87. The maximum atomic E-state index is 12.4. The molecule has 2 aromatic rings. The highest BCUT2D eigenvalue weighted by molar-refractivity contribution is 5.84. The van der Waals surface area contributed by atoms with E-state index in [9.17, 15) is 18.0 Å². The van der Waals surface area contributed by atoms with Gasteiger partial charge in [0.25, 0.3) is 0 Å². The number of carbonyl (C=O) groups is 1. The fourth-order valence-corrected chi connectivity index (χ4v) is 1.60. The molecule has 0 amide bonds. The highest BCUT2D eigenvalue weighted by atomic mass is 19.4. The first-order valence-electron chi connectivity index (χ1n) is 5.91. The van der Waals surface area contributed by atoms with Crippen LogP contribution in [0.1, 0.15) is 16.1 Å². The first-order chi connectivity index (χ1) is 9.86. The molecule has 1 heterocycles. The van der Waals surface area contributed by atoms with E-state index < -0.39 is 17.7 Å². The van der Waals surface area contributed by atoms with E-state index in [1.807, 2.05) is 0 Å². The average molecular weight is 300 g/mol. The second-order valence-electron chi connectivity index (χ2n) is 4.17. The highest BCUT2D eigenvalue weighted by Crippen LogP contribution is 2.29. The summed E-state index contributed by atoms with van der Waals surface area (Å²) in [5, 5.41) is 18.6. The second-order valence-corrected chi connectivity index (χ2v) is 4.17. The Morgan fingerprint density at radius 2 is 1.95 bits per heavy atom. The molecule has 21 heavy (non-hydrogen) atoms. The van der Waals surface area contributed by atoms with Crippen LogP contribution in [0.4, 0.5) is 18.9 Å². The summed E-state index contributed by atoms with van der Waals surface area (Å²) in [6.45, 7) is 0.703. The molecular weight excluding hydrogens is 289 g/mol. The SMILES string of the molecule is O=C(O)c1cn(CCNc2ccc(C(F)(F)F)cc2)nn1. The van der Waals surface area contributed by atoms with E-state index in [0.717, 1.165) is 12.1 Å². The number of anilines is 1. The number of halogens is 3. The molecule has 2 rings (SSSR count). The molecule has 1 aromatic heterocycles. The van der Waals surface area contributed by atoms with Gasteiger partial charge in [0.15, 0.2) is 5.69 Å². The quantitative estimate of drug-likeness (QED) is 0.884. The van der Waals surface area contributed by atoms with Gasteiger partial charge in [-0.3, -0.25) is 0 Å². The molecule has 9 heteroatoms. The van der Waals surface area contributed by atoms with E-state index in [1.165, 1.54) is 23.0 Å². The third-order valence-corrected chi connectivity index (χ3v) is 2.64. The van der Waals surface area contributed by atoms with E-state index in [4.69, 9.17) is 5.11 Å². The minimum atomic E-state index is -4.35. The van der Waals surface area contributed by atoms with Crippen LogP contribution in [0.3, 0.4) is 0 Å². The lowest BCUT2D eigenvalue weighted by atomic mass is 10.2. The summed E-state index contributed by atoms with van der Waals surface area (Å²) in [7, 11) is 0. The molecule has 1 aromatic carbocycles. The molecule has 6 nitrogen and oxygen atoms in total. The number of benzene rings is 1. The number of hydrogen-bond acceptors (Lipinski definition) is 4. The van der Waals surface area contributed by atoms with Crippen LogP contribution in [-0.4, -0.2) is 32.6 Å². The normalized spacial score (nSPS) is 11.4. The summed E-state index contributed by atoms with van der Waals surface area (Å²) in [5.74, 6) is -1.17. The van der Waals surface area contributed by atoms with Gasteiger partial charge in [0.05, 0.1) is 18.3 Å². The van der Waals surface area contributed by atoms with Crippen molar-refractivity contribution in [3.05, 3.63) is 41.7 Å². The second kappa shape index (κ2) is 5.81. The number of aromatic carboxylic acids is 1. The Labute approximate surface area is 117 Å². The molecule has 0 aliphatic heterocycles. The van der Waals surface area contributed by atoms with Crippen LogP contribution in [0.5, 0.6) is 0 Å². The lowest BCUT2D eigenvalue weighted by Crippen LogP contribution is -2.11. The summed E-state index contributed by atoms with van der Waals surface area (Å²) in [4.78, 5) is 10.6. The zero-order valence-corrected chi connectivity index (χ0v) is 10.6. The monoisotopic (exact) mass is 300 g/mol. The minimum Gasteiger partial charge on any atom is -0.476 e. The van der Waals surface area contributed by atoms with E-state index >= 15 is 0 Å². The van der Waals surface area contributed by atoms with Crippen LogP contribution in [0.15, 0.2) is 30.5 Å². The van der Waals surface area contributed by atoms with Crippen molar-refractivity contribution >= 4 is 11.7 Å². The standard InChI is InChI=1S/C12H11F3N4O2/c13-12(14,15)8-1-3-9(4-2-8)16-5-6-19-7-10(11(20)21)17-18-19/h1-4,7,16H,5-6H2,(H,20,21). The Morgan fingerprint density at radius 1 is 1.29 bits per heavy atom. The Bertz CT molecular complexity index is 622. The molecule has 2 N–H and O–H groups in total. The third-order valence-electron chi connectivity index (χ3n) is 2.64. The zero-order chi connectivity index (χ0) is 15.5. The molecule has 0 unspecified atom stereocenters. The van der Waals surface area contributed by atoms with E-state index in [-0.39, 0.29) is 5.69 Å². The molecule has 0 saturated carbocycles. The number of rotatable bonds is 5. The van der Waals surface area contributed by atoms with Gasteiger partial charge >= 0.3 is 12.1 Å². The van der Waals surface area contributed by atoms with E-state index in [1.54, 1.807) is 0 Å². The lowest BCUT2D eigenvalue weighted by molar-refractivity contribution is -0.137. The lowest BCUT2D eigenvalue weighted by Gasteiger charge is -2.09. The predicted octanol–water partition coefficient (Wildman–Crippen LogP) is 2.11. The summed E-state index contributed by atoms with van der Waals surface area (Å²) < 4.78 is 38.5.